The van der Waals surface area contributed by atoms with Crippen LogP contribution in [0.1, 0.15) is 18.2 Å². The number of hydrogen-bond donors (Lipinski definition) is 1. The van der Waals surface area contributed by atoms with Crippen molar-refractivity contribution in [1.82, 2.24) is 15.2 Å². The second kappa shape index (κ2) is 7.78. The van der Waals surface area contributed by atoms with Crippen molar-refractivity contribution in [2.75, 3.05) is 14.2 Å². The van der Waals surface area contributed by atoms with Crippen LogP contribution >= 0.6 is 0 Å². The number of carbonyl (C=O) groups is 2. The molecule has 1 saturated heterocycles. The van der Waals surface area contributed by atoms with E-state index in [1.807, 2.05) is 48.5 Å². The topological polar surface area (TPSA) is 80.8 Å². The van der Waals surface area contributed by atoms with Gasteiger partial charge in [-0.3, -0.25) is 14.7 Å². The van der Waals surface area contributed by atoms with Gasteiger partial charge < -0.3 is 14.8 Å². The van der Waals surface area contributed by atoms with Crippen LogP contribution in [0, 0.1) is 0 Å². The highest BCUT2D eigenvalue weighted by molar-refractivity contribution is 6.09. The molecular formula is C26H23N3O4. The lowest BCUT2D eigenvalue weighted by Crippen LogP contribution is -2.40. The maximum atomic E-state index is 13.5. The van der Waals surface area contributed by atoms with Crippen molar-refractivity contribution >= 4 is 33.6 Å². The van der Waals surface area contributed by atoms with Crippen molar-refractivity contribution in [3.63, 3.8) is 0 Å². The van der Waals surface area contributed by atoms with E-state index in [-0.39, 0.29) is 12.5 Å². The second-order valence-corrected chi connectivity index (χ2v) is 8.14. The number of ether oxygens (including phenoxy) is 2. The van der Waals surface area contributed by atoms with Crippen LogP contribution in [0.5, 0.6) is 11.5 Å². The molecule has 3 aromatic carbocycles. The molecule has 1 N–H and O–H groups in total. The van der Waals surface area contributed by atoms with E-state index in [1.165, 1.54) is 12.0 Å². The minimum atomic E-state index is -1.23. The highest BCUT2D eigenvalue weighted by Gasteiger charge is 2.49. The molecule has 7 nitrogen and oxygen atoms in total. The number of methoxy groups -OCH3 is 2. The molecule has 1 aromatic heterocycles. The molecule has 3 amide bonds. The molecule has 5 rings (SSSR count). The maximum absolute atomic E-state index is 13.5. The number of urea groups is 1. The standard InChI is InChI=1S/C26H23N3O4/c1-26(16-12-13-22(32-2)23(14-16)33-3)24(30)29(25(31)28-26)15-21-19-10-5-4-8-17(19)18-9-6-7-11-20(18)27-21/h4-14H,15H2,1-3H3,(H,28,31)/t26-/m1/s1. The van der Waals surface area contributed by atoms with Gasteiger partial charge in [0.2, 0.25) is 0 Å². The summed E-state index contributed by atoms with van der Waals surface area (Å²) in [5.74, 6) is 0.683. The molecule has 166 valence electrons. The summed E-state index contributed by atoms with van der Waals surface area (Å²) in [5, 5.41) is 5.83. The number of amides is 3. The Morgan fingerprint density at radius 1 is 0.879 bits per heavy atom. The van der Waals surface area contributed by atoms with Crippen LogP contribution in [0.4, 0.5) is 4.79 Å². The van der Waals surface area contributed by atoms with Gasteiger partial charge in [-0.2, -0.15) is 0 Å². The van der Waals surface area contributed by atoms with Gasteiger partial charge in [0, 0.05) is 10.8 Å². The number of hydrogen-bond acceptors (Lipinski definition) is 5. The molecule has 4 aromatic rings. The van der Waals surface area contributed by atoms with E-state index in [1.54, 1.807) is 32.2 Å². The molecule has 0 aliphatic carbocycles. The first-order chi connectivity index (χ1) is 16.0. The van der Waals surface area contributed by atoms with Gasteiger partial charge in [0.1, 0.15) is 5.54 Å². The van der Waals surface area contributed by atoms with E-state index >= 15 is 0 Å². The fourth-order valence-corrected chi connectivity index (χ4v) is 4.43. The fraction of sp³-hybridized carbons (Fsp3) is 0.192. The number of carbonyl (C=O) groups excluding carboxylic acids is 2. The van der Waals surface area contributed by atoms with Crippen LogP contribution in [0.15, 0.2) is 66.7 Å². The molecule has 1 aliphatic rings. The van der Waals surface area contributed by atoms with Gasteiger partial charge >= 0.3 is 6.03 Å². The smallest absolute Gasteiger partial charge is 0.325 e. The number of rotatable bonds is 5. The van der Waals surface area contributed by atoms with E-state index in [2.05, 4.69) is 5.32 Å². The molecule has 1 atom stereocenters. The SMILES string of the molecule is COc1ccc([C@@]2(C)NC(=O)N(Cc3nc4ccccc4c4ccccc34)C2=O)cc1OC. The zero-order valence-corrected chi connectivity index (χ0v) is 18.6. The first-order valence-electron chi connectivity index (χ1n) is 10.6. The number of nitrogens with zero attached hydrogens (tertiary/aromatic N) is 2. The zero-order chi connectivity index (χ0) is 23.2. The summed E-state index contributed by atoms with van der Waals surface area (Å²) in [6, 6.07) is 20.5. The quantitative estimate of drug-likeness (QED) is 0.367. The molecule has 0 radical (unpaired) electrons. The summed E-state index contributed by atoms with van der Waals surface area (Å²) in [4.78, 5) is 32.5. The van der Waals surface area contributed by atoms with E-state index in [0.717, 1.165) is 21.7 Å². The van der Waals surface area contributed by atoms with Crippen molar-refractivity contribution < 1.29 is 19.1 Å². The molecule has 0 bridgehead atoms. The van der Waals surface area contributed by atoms with Crippen molar-refractivity contribution in [2.24, 2.45) is 0 Å². The normalized spacial score (nSPS) is 18.1. The highest BCUT2D eigenvalue weighted by atomic mass is 16.5. The predicted molar refractivity (Wildman–Crippen MR) is 125 cm³/mol. The Hall–Kier alpha value is -4.13. The summed E-state index contributed by atoms with van der Waals surface area (Å²) >= 11 is 0. The first-order valence-corrected chi connectivity index (χ1v) is 10.6. The maximum Gasteiger partial charge on any atom is 0.325 e. The Labute approximate surface area is 190 Å². The number of aromatic nitrogens is 1. The van der Waals surface area contributed by atoms with Gasteiger partial charge in [-0.15, -0.1) is 0 Å². The predicted octanol–water partition coefficient (Wildman–Crippen LogP) is 4.37. The molecule has 2 heterocycles. The third-order valence-electron chi connectivity index (χ3n) is 6.23. The number of fused-ring (bicyclic) bond motifs is 3. The van der Waals surface area contributed by atoms with Gasteiger partial charge in [0.15, 0.2) is 11.5 Å². The summed E-state index contributed by atoms with van der Waals surface area (Å²) in [6.45, 7) is 1.76. The number of nitrogens with one attached hydrogen (secondary N) is 1. The van der Waals surface area contributed by atoms with Gasteiger partial charge in [-0.1, -0.05) is 48.5 Å². The number of para-hydroxylation sites is 1. The van der Waals surface area contributed by atoms with Gasteiger partial charge in [-0.25, -0.2) is 4.79 Å². The Morgan fingerprint density at radius 2 is 1.55 bits per heavy atom. The molecular weight excluding hydrogens is 418 g/mol. The van der Waals surface area contributed by atoms with Crippen LogP contribution in [-0.4, -0.2) is 36.0 Å². The van der Waals surface area contributed by atoms with Crippen LogP contribution in [0.2, 0.25) is 0 Å². The lowest BCUT2D eigenvalue weighted by Gasteiger charge is -2.23. The molecule has 0 saturated carbocycles. The molecule has 7 heteroatoms. The molecule has 33 heavy (non-hydrogen) atoms. The van der Waals surface area contributed by atoms with Gasteiger partial charge in [-0.05, 0) is 36.1 Å². The number of benzene rings is 3. The van der Waals surface area contributed by atoms with E-state index in [0.29, 0.717) is 22.8 Å². The van der Waals surface area contributed by atoms with Crippen molar-refractivity contribution in [1.29, 1.82) is 0 Å². The molecule has 0 unspecified atom stereocenters. The third kappa shape index (κ3) is 3.24. The Balaban J connectivity index is 1.55. The zero-order valence-electron chi connectivity index (χ0n) is 18.6. The van der Waals surface area contributed by atoms with Crippen LogP contribution in [0.25, 0.3) is 21.7 Å². The minimum Gasteiger partial charge on any atom is -0.493 e. The fourth-order valence-electron chi connectivity index (χ4n) is 4.43. The van der Waals surface area contributed by atoms with Crippen molar-refractivity contribution in [3.05, 3.63) is 78.0 Å². The molecule has 1 aliphatic heterocycles. The van der Waals surface area contributed by atoms with Crippen LogP contribution in [0.3, 0.4) is 0 Å². The molecule has 1 fully saturated rings. The largest absolute Gasteiger partial charge is 0.493 e. The summed E-state index contributed by atoms with van der Waals surface area (Å²) < 4.78 is 10.7. The van der Waals surface area contributed by atoms with Crippen LogP contribution in [-0.2, 0) is 16.9 Å². The Morgan fingerprint density at radius 3 is 2.27 bits per heavy atom. The summed E-state index contributed by atoms with van der Waals surface area (Å²) in [7, 11) is 3.08. The monoisotopic (exact) mass is 441 g/mol. The lowest BCUT2D eigenvalue weighted by atomic mass is 9.91. The summed E-state index contributed by atoms with van der Waals surface area (Å²) in [5.41, 5.74) is 0.867. The van der Waals surface area contributed by atoms with Crippen molar-refractivity contribution in [2.45, 2.75) is 19.0 Å². The van der Waals surface area contributed by atoms with E-state index in [4.69, 9.17) is 14.5 Å². The number of imide groups is 1. The van der Waals surface area contributed by atoms with E-state index in [9.17, 15) is 9.59 Å². The van der Waals surface area contributed by atoms with E-state index < -0.39 is 11.6 Å². The average Bonchev–Trinajstić information content (AvgIpc) is 3.07. The van der Waals surface area contributed by atoms with Gasteiger partial charge in [0.25, 0.3) is 5.91 Å². The minimum absolute atomic E-state index is 0.0683. The average molecular weight is 441 g/mol. The second-order valence-electron chi connectivity index (χ2n) is 8.14. The lowest BCUT2D eigenvalue weighted by molar-refractivity contribution is -0.131. The highest BCUT2D eigenvalue weighted by Crippen LogP contribution is 2.36. The third-order valence-corrected chi connectivity index (χ3v) is 6.23. The molecule has 0 spiro atoms. The van der Waals surface area contributed by atoms with Gasteiger partial charge in [0.05, 0.1) is 32.0 Å². The Kier molecular flexibility index (Phi) is 4.89. The van der Waals surface area contributed by atoms with Crippen molar-refractivity contribution in [3.8, 4) is 11.5 Å². The Bertz CT molecular complexity index is 1420. The number of pyridine rings is 1. The van der Waals surface area contributed by atoms with Crippen LogP contribution < -0.4 is 14.8 Å². The first kappa shape index (κ1) is 20.8. The summed E-state index contributed by atoms with van der Waals surface area (Å²) in [6.07, 6.45) is 0.